The summed E-state index contributed by atoms with van der Waals surface area (Å²) in [5.74, 6) is 0.294. The fourth-order valence-corrected chi connectivity index (χ4v) is 5.56. The highest BCUT2D eigenvalue weighted by molar-refractivity contribution is 7.89. The van der Waals surface area contributed by atoms with E-state index in [0.29, 0.717) is 32.5 Å². The Morgan fingerprint density at radius 3 is 2.62 bits per heavy atom. The number of hydrogen-bond donors (Lipinski definition) is 1. The molecule has 4 rings (SSSR count). The average molecular weight is 453 g/mol. The van der Waals surface area contributed by atoms with Gasteiger partial charge in [-0.1, -0.05) is 54.1 Å². The number of fused-ring (bicyclic) bond motifs is 1. The Balaban J connectivity index is 1.31. The van der Waals surface area contributed by atoms with Crippen molar-refractivity contribution in [1.29, 1.82) is 0 Å². The first-order chi connectivity index (χ1) is 15.4. The predicted molar refractivity (Wildman–Crippen MR) is 125 cm³/mol. The zero-order valence-corrected chi connectivity index (χ0v) is 19.0. The molecule has 168 valence electrons. The van der Waals surface area contributed by atoms with Gasteiger partial charge in [0.2, 0.25) is 15.9 Å². The number of sulfonamides is 1. The van der Waals surface area contributed by atoms with Crippen LogP contribution in [-0.2, 0) is 14.8 Å². The maximum Gasteiger partial charge on any atom is 0.243 e. The summed E-state index contributed by atoms with van der Waals surface area (Å²) in [7, 11) is -3.60. The number of carbonyl (C=O) groups is 1. The molecule has 1 atom stereocenters. The summed E-state index contributed by atoms with van der Waals surface area (Å²) < 4.78 is 33.2. The molecule has 0 radical (unpaired) electrons. The third-order valence-corrected chi connectivity index (χ3v) is 7.70. The lowest BCUT2D eigenvalue weighted by atomic mass is 9.99. The number of amides is 1. The summed E-state index contributed by atoms with van der Waals surface area (Å²) in [5.41, 5.74) is 1.01. The van der Waals surface area contributed by atoms with Crippen molar-refractivity contribution in [3.63, 3.8) is 0 Å². The molecule has 0 aromatic heterocycles. The van der Waals surface area contributed by atoms with Crippen LogP contribution in [-0.4, -0.2) is 44.9 Å². The number of benzene rings is 3. The van der Waals surface area contributed by atoms with Gasteiger partial charge < -0.3 is 10.1 Å². The average Bonchev–Trinajstić information content (AvgIpc) is 2.82. The van der Waals surface area contributed by atoms with Crippen LogP contribution < -0.4 is 10.1 Å². The molecular formula is C25H28N2O4S. The molecule has 1 aliphatic heterocycles. The van der Waals surface area contributed by atoms with Crippen LogP contribution in [0, 0.1) is 12.8 Å². The maximum atomic E-state index is 13.0. The molecule has 1 amide bonds. The molecule has 1 aliphatic rings. The van der Waals surface area contributed by atoms with Gasteiger partial charge in [-0.15, -0.1) is 0 Å². The van der Waals surface area contributed by atoms with E-state index in [1.54, 1.807) is 24.3 Å². The zero-order chi connectivity index (χ0) is 22.6. The van der Waals surface area contributed by atoms with Gasteiger partial charge in [-0.25, -0.2) is 8.42 Å². The second kappa shape index (κ2) is 9.71. The third kappa shape index (κ3) is 4.95. The molecule has 0 aliphatic carbocycles. The molecular weight excluding hydrogens is 424 g/mol. The van der Waals surface area contributed by atoms with Crippen molar-refractivity contribution in [2.45, 2.75) is 24.7 Å². The number of rotatable bonds is 7. The highest BCUT2D eigenvalue weighted by atomic mass is 32.2. The fourth-order valence-electron chi connectivity index (χ4n) is 4.04. The molecule has 1 N–H and O–H groups in total. The van der Waals surface area contributed by atoms with Crippen LogP contribution in [0.15, 0.2) is 71.6 Å². The lowest BCUT2D eigenvalue weighted by molar-refractivity contribution is -0.126. The van der Waals surface area contributed by atoms with E-state index in [4.69, 9.17) is 4.74 Å². The molecule has 1 saturated heterocycles. The fraction of sp³-hybridized carbons (Fsp3) is 0.320. The first-order valence-corrected chi connectivity index (χ1v) is 12.3. The molecule has 1 fully saturated rings. The maximum absolute atomic E-state index is 13.0. The predicted octanol–water partition coefficient (Wildman–Crippen LogP) is 3.74. The van der Waals surface area contributed by atoms with Gasteiger partial charge in [0.1, 0.15) is 12.4 Å². The lowest BCUT2D eigenvalue weighted by Crippen LogP contribution is -2.45. The minimum absolute atomic E-state index is 0.129. The van der Waals surface area contributed by atoms with E-state index in [0.717, 1.165) is 22.1 Å². The summed E-state index contributed by atoms with van der Waals surface area (Å²) >= 11 is 0. The highest BCUT2D eigenvalue weighted by Crippen LogP contribution is 2.26. The third-order valence-electron chi connectivity index (χ3n) is 5.82. The number of hydrogen-bond acceptors (Lipinski definition) is 4. The van der Waals surface area contributed by atoms with Gasteiger partial charge in [-0.3, -0.25) is 4.79 Å². The molecule has 6 nitrogen and oxygen atoms in total. The van der Waals surface area contributed by atoms with Gasteiger partial charge in [0.25, 0.3) is 0 Å². The smallest absolute Gasteiger partial charge is 0.243 e. The number of nitrogens with one attached hydrogen (secondary N) is 1. The van der Waals surface area contributed by atoms with Crippen LogP contribution in [0.2, 0.25) is 0 Å². The zero-order valence-electron chi connectivity index (χ0n) is 18.2. The van der Waals surface area contributed by atoms with Crippen molar-refractivity contribution < 1.29 is 17.9 Å². The van der Waals surface area contributed by atoms with Gasteiger partial charge in [0.15, 0.2) is 0 Å². The molecule has 7 heteroatoms. The Kier molecular flexibility index (Phi) is 6.77. The number of carbonyl (C=O) groups excluding carboxylic acids is 1. The van der Waals surface area contributed by atoms with Crippen molar-refractivity contribution >= 4 is 26.7 Å². The Bertz CT molecular complexity index is 1190. The molecule has 0 saturated carbocycles. The molecule has 0 unspecified atom stereocenters. The van der Waals surface area contributed by atoms with E-state index in [9.17, 15) is 13.2 Å². The van der Waals surface area contributed by atoms with Crippen LogP contribution in [0.25, 0.3) is 10.8 Å². The SMILES string of the molecule is Cc1ccc(S(=O)(=O)N2CCC[C@H](C(=O)NCCOc3cccc4ccccc34)C2)cc1. The number of ether oxygens (including phenoxy) is 1. The Morgan fingerprint density at radius 2 is 1.81 bits per heavy atom. The van der Waals surface area contributed by atoms with Gasteiger partial charge in [-0.05, 0) is 43.4 Å². The summed E-state index contributed by atoms with van der Waals surface area (Å²) in [6.45, 7) is 3.26. The summed E-state index contributed by atoms with van der Waals surface area (Å²) in [4.78, 5) is 13.0. The normalized spacial score (nSPS) is 17.2. The molecule has 0 spiro atoms. The Labute approximate surface area is 189 Å². The number of piperidine rings is 1. The number of nitrogens with zero attached hydrogens (tertiary/aromatic N) is 1. The van der Waals surface area contributed by atoms with Crippen LogP contribution in [0.4, 0.5) is 0 Å². The van der Waals surface area contributed by atoms with Crippen molar-refractivity contribution in [2.75, 3.05) is 26.2 Å². The standard InChI is InChI=1S/C25H28N2O4S/c1-19-11-13-22(14-12-19)32(29,30)27-16-5-8-21(18-27)25(28)26-15-17-31-24-10-4-7-20-6-2-3-9-23(20)24/h2-4,6-7,9-14,21H,5,8,15-18H2,1H3,(H,26,28)/t21-/m0/s1. The Hall–Kier alpha value is -2.90. The molecule has 3 aromatic carbocycles. The largest absolute Gasteiger partial charge is 0.491 e. The Morgan fingerprint density at radius 1 is 1.06 bits per heavy atom. The van der Waals surface area contributed by atoms with Crippen molar-refractivity contribution in [3.8, 4) is 5.75 Å². The van der Waals surface area contributed by atoms with Gasteiger partial charge in [0, 0.05) is 18.5 Å². The minimum Gasteiger partial charge on any atom is -0.491 e. The lowest BCUT2D eigenvalue weighted by Gasteiger charge is -2.31. The minimum atomic E-state index is -3.60. The van der Waals surface area contributed by atoms with Crippen LogP contribution >= 0.6 is 0 Å². The molecule has 0 bridgehead atoms. The van der Waals surface area contributed by atoms with Crippen molar-refractivity contribution in [3.05, 3.63) is 72.3 Å². The van der Waals surface area contributed by atoms with Crippen molar-refractivity contribution in [1.82, 2.24) is 9.62 Å². The second-order valence-electron chi connectivity index (χ2n) is 8.13. The summed E-state index contributed by atoms with van der Waals surface area (Å²) in [6, 6.07) is 20.7. The first-order valence-electron chi connectivity index (χ1n) is 10.9. The molecule has 1 heterocycles. The van der Waals surface area contributed by atoms with E-state index in [1.807, 2.05) is 49.4 Å². The van der Waals surface area contributed by atoms with Crippen LogP contribution in [0.3, 0.4) is 0 Å². The van der Waals surface area contributed by atoms with Crippen LogP contribution in [0.5, 0.6) is 5.75 Å². The van der Waals surface area contributed by atoms with Crippen LogP contribution in [0.1, 0.15) is 18.4 Å². The monoisotopic (exact) mass is 452 g/mol. The molecule has 32 heavy (non-hydrogen) atoms. The van der Waals surface area contributed by atoms with Gasteiger partial charge in [-0.2, -0.15) is 4.31 Å². The second-order valence-corrected chi connectivity index (χ2v) is 10.1. The van der Waals surface area contributed by atoms with E-state index in [1.165, 1.54) is 4.31 Å². The van der Waals surface area contributed by atoms with E-state index in [2.05, 4.69) is 5.32 Å². The van der Waals surface area contributed by atoms with E-state index in [-0.39, 0.29) is 23.3 Å². The highest BCUT2D eigenvalue weighted by Gasteiger charge is 2.33. The first kappa shape index (κ1) is 22.3. The summed E-state index contributed by atoms with van der Waals surface area (Å²) in [5, 5.41) is 5.04. The topological polar surface area (TPSA) is 75.7 Å². The van der Waals surface area contributed by atoms with Gasteiger partial charge >= 0.3 is 0 Å². The van der Waals surface area contributed by atoms with E-state index < -0.39 is 10.0 Å². The quantitative estimate of drug-likeness (QED) is 0.554. The van der Waals surface area contributed by atoms with Gasteiger partial charge in [0.05, 0.1) is 17.4 Å². The van der Waals surface area contributed by atoms with E-state index >= 15 is 0 Å². The summed E-state index contributed by atoms with van der Waals surface area (Å²) in [6.07, 6.45) is 1.34. The van der Waals surface area contributed by atoms with Crippen molar-refractivity contribution in [2.24, 2.45) is 5.92 Å². The molecule has 3 aromatic rings. The number of aryl methyl sites for hydroxylation is 1.